The normalized spacial score (nSPS) is 18.9. The van der Waals surface area contributed by atoms with E-state index >= 15 is 0 Å². The summed E-state index contributed by atoms with van der Waals surface area (Å²) in [5.41, 5.74) is 8.32. The molecule has 3 aromatic rings. The smallest absolute Gasteiger partial charge is 0.225 e. The fraction of sp³-hybridized carbons (Fsp3) is 0.333. The number of carbonyl (C=O) groups excluding carboxylic acids is 1. The molecule has 0 radical (unpaired) electrons. The van der Waals surface area contributed by atoms with Gasteiger partial charge in [0.2, 0.25) is 5.91 Å². The summed E-state index contributed by atoms with van der Waals surface area (Å²) in [6, 6.07) is 16.7. The lowest BCUT2D eigenvalue weighted by atomic mass is 9.86. The lowest BCUT2D eigenvalue weighted by Crippen LogP contribution is -2.19. The molecule has 1 amide bonds. The number of aryl methyl sites for hydroxylation is 2. The zero-order valence-electron chi connectivity index (χ0n) is 16.4. The highest BCUT2D eigenvalue weighted by Crippen LogP contribution is 2.64. The van der Waals surface area contributed by atoms with Crippen molar-refractivity contribution in [2.45, 2.75) is 45.4 Å². The predicted octanol–water partition coefficient (Wildman–Crippen LogP) is 5.14. The fourth-order valence-corrected chi connectivity index (χ4v) is 4.97. The predicted molar refractivity (Wildman–Crippen MR) is 111 cm³/mol. The number of aromatic nitrogens is 2. The van der Waals surface area contributed by atoms with E-state index in [-0.39, 0.29) is 5.91 Å². The second kappa shape index (κ2) is 6.33. The molecule has 2 aliphatic carbocycles. The quantitative estimate of drug-likeness (QED) is 0.667. The minimum absolute atomic E-state index is 0.108. The highest BCUT2D eigenvalue weighted by Gasteiger charge is 2.54. The number of H-pyrrole nitrogens is 1. The van der Waals surface area contributed by atoms with Crippen molar-refractivity contribution in [1.82, 2.24) is 10.2 Å². The van der Waals surface area contributed by atoms with Gasteiger partial charge in [-0.1, -0.05) is 36.4 Å². The average molecular weight is 371 g/mol. The minimum Gasteiger partial charge on any atom is -0.326 e. The molecule has 1 aromatic heterocycles. The number of hydrogen-bond acceptors (Lipinski definition) is 2. The van der Waals surface area contributed by atoms with Crippen LogP contribution in [-0.4, -0.2) is 16.1 Å². The van der Waals surface area contributed by atoms with Crippen molar-refractivity contribution < 1.29 is 4.79 Å². The van der Waals surface area contributed by atoms with Crippen LogP contribution in [0.3, 0.4) is 0 Å². The van der Waals surface area contributed by atoms with Crippen LogP contribution in [-0.2, 0) is 11.2 Å². The van der Waals surface area contributed by atoms with Gasteiger partial charge in [0.1, 0.15) is 0 Å². The zero-order valence-corrected chi connectivity index (χ0v) is 16.4. The third kappa shape index (κ3) is 2.84. The van der Waals surface area contributed by atoms with E-state index in [4.69, 9.17) is 0 Å². The summed E-state index contributed by atoms with van der Waals surface area (Å²) in [4.78, 5) is 12.8. The Morgan fingerprint density at radius 3 is 2.57 bits per heavy atom. The maximum absolute atomic E-state index is 12.8. The summed E-state index contributed by atoms with van der Waals surface area (Å²) >= 11 is 0. The molecule has 142 valence electrons. The van der Waals surface area contributed by atoms with Gasteiger partial charge in [0, 0.05) is 23.4 Å². The van der Waals surface area contributed by atoms with Crippen molar-refractivity contribution in [2.24, 2.45) is 5.41 Å². The maximum atomic E-state index is 12.8. The Balaban J connectivity index is 1.30. The maximum Gasteiger partial charge on any atom is 0.225 e. The molecule has 4 nitrogen and oxygen atoms in total. The molecule has 28 heavy (non-hydrogen) atoms. The van der Waals surface area contributed by atoms with Gasteiger partial charge in [-0.25, -0.2) is 0 Å². The first-order valence-electron chi connectivity index (χ1n) is 10.1. The lowest BCUT2D eigenvalue weighted by molar-refractivity contribution is -0.116. The first kappa shape index (κ1) is 17.2. The van der Waals surface area contributed by atoms with Crippen LogP contribution in [0.2, 0.25) is 0 Å². The molecular weight excluding hydrogens is 346 g/mol. The molecule has 1 fully saturated rings. The van der Waals surface area contributed by atoms with Crippen LogP contribution in [0, 0.1) is 19.3 Å². The van der Waals surface area contributed by atoms with E-state index in [9.17, 15) is 4.79 Å². The van der Waals surface area contributed by atoms with E-state index in [1.54, 1.807) is 0 Å². The summed E-state index contributed by atoms with van der Waals surface area (Å²) in [6.45, 7) is 4.03. The van der Waals surface area contributed by atoms with E-state index in [1.807, 2.05) is 38.1 Å². The van der Waals surface area contributed by atoms with Gasteiger partial charge in [0.15, 0.2) is 0 Å². The number of aromatic amines is 1. The van der Waals surface area contributed by atoms with Gasteiger partial charge < -0.3 is 5.32 Å². The number of rotatable bonds is 4. The van der Waals surface area contributed by atoms with Crippen LogP contribution in [0.5, 0.6) is 0 Å². The first-order chi connectivity index (χ1) is 13.6. The number of hydrogen-bond donors (Lipinski definition) is 2. The standard InChI is InChI=1S/C24H25N3O/c1-15-23(16(2)27-26-15)17-7-9-19(10-8-17)25-22(28)13-21-20-6-4-3-5-18(20)14-24(21)11-12-24/h3-10,21H,11-14H2,1-2H3,(H,25,28)(H,26,27). The summed E-state index contributed by atoms with van der Waals surface area (Å²) in [7, 11) is 0. The monoisotopic (exact) mass is 371 g/mol. The lowest BCUT2D eigenvalue weighted by Gasteiger charge is -2.19. The number of fused-ring (bicyclic) bond motifs is 1. The Morgan fingerprint density at radius 1 is 1.14 bits per heavy atom. The largest absolute Gasteiger partial charge is 0.326 e. The molecule has 2 aromatic carbocycles. The van der Waals surface area contributed by atoms with E-state index < -0.39 is 0 Å². The second-order valence-corrected chi connectivity index (χ2v) is 8.43. The number of carbonyl (C=O) groups is 1. The molecular formula is C24H25N3O. The Hall–Kier alpha value is -2.88. The molecule has 0 bridgehead atoms. The van der Waals surface area contributed by atoms with Gasteiger partial charge in [-0.2, -0.15) is 5.10 Å². The van der Waals surface area contributed by atoms with Crippen LogP contribution in [0.25, 0.3) is 11.1 Å². The Kier molecular flexibility index (Phi) is 3.90. The van der Waals surface area contributed by atoms with Crippen LogP contribution >= 0.6 is 0 Å². The van der Waals surface area contributed by atoms with Crippen LogP contribution in [0.4, 0.5) is 5.69 Å². The molecule has 2 N–H and O–H groups in total. The second-order valence-electron chi connectivity index (χ2n) is 8.43. The van der Waals surface area contributed by atoms with Crippen molar-refractivity contribution in [3.8, 4) is 11.1 Å². The summed E-state index contributed by atoms with van der Waals surface area (Å²) in [5, 5.41) is 10.4. The van der Waals surface area contributed by atoms with Crippen LogP contribution in [0.15, 0.2) is 48.5 Å². The molecule has 1 saturated carbocycles. The first-order valence-corrected chi connectivity index (χ1v) is 10.1. The molecule has 0 aliphatic heterocycles. The molecule has 4 heteroatoms. The molecule has 2 aliphatic rings. The summed E-state index contributed by atoms with van der Waals surface area (Å²) in [5.74, 6) is 0.468. The van der Waals surface area contributed by atoms with Crippen molar-refractivity contribution in [3.63, 3.8) is 0 Å². The number of nitrogens with one attached hydrogen (secondary N) is 2. The van der Waals surface area contributed by atoms with Crippen molar-refractivity contribution >= 4 is 11.6 Å². The zero-order chi connectivity index (χ0) is 19.3. The summed E-state index contributed by atoms with van der Waals surface area (Å²) in [6.07, 6.45) is 4.20. The van der Waals surface area contributed by atoms with E-state index in [0.29, 0.717) is 17.8 Å². The van der Waals surface area contributed by atoms with Crippen LogP contribution < -0.4 is 5.32 Å². The van der Waals surface area contributed by atoms with E-state index in [1.165, 1.54) is 24.0 Å². The van der Waals surface area contributed by atoms with Gasteiger partial charge in [-0.3, -0.25) is 9.89 Å². The Bertz CT molecular complexity index is 1020. The highest BCUT2D eigenvalue weighted by atomic mass is 16.1. The highest BCUT2D eigenvalue weighted by molar-refractivity contribution is 5.92. The SMILES string of the molecule is Cc1n[nH]c(C)c1-c1ccc(NC(=O)CC2c3ccccc3CC23CC3)cc1. The number of anilines is 1. The summed E-state index contributed by atoms with van der Waals surface area (Å²) < 4.78 is 0. The average Bonchev–Trinajstić information content (AvgIpc) is 3.29. The van der Waals surface area contributed by atoms with E-state index in [0.717, 1.165) is 34.6 Å². The minimum atomic E-state index is 0.108. The van der Waals surface area contributed by atoms with Gasteiger partial charge in [-0.15, -0.1) is 0 Å². The molecule has 1 spiro atoms. The van der Waals surface area contributed by atoms with Crippen LogP contribution in [0.1, 0.15) is 47.7 Å². The number of nitrogens with zero attached hydrogens (tertiary/aromatic N) is 1. The van der Waals surface area contributed by atoms with Gasteiger partial charge in [0.05, 0.1) is 5.69 Å². The number of benzene rings is 2. The molecule has 5 rings (SSSR count). The Labute approximate surface area is 165 Å². The van der Waals surface area contributed by atoms with Gasteiger partial charge in [-0.05, 0) is 73.3 Å². The molecule has 0 saturated heterocycles. The van der Waals surface area contributed by atoms with Crippen molar-refractivity contribution in [1.29, 1.82) is 0 Å². The topological polar surface area (TPSA) is 57.8 Å². The fourth-order valence-electron chi connectivity index (χ4n) is 4.97. The number of amides is 1. The molecule has 1 heterocycles. The van der Waals surface area contributed by atoms with E-state index in [2.05, 4.69) is 39.8 Å². The molecule has 1 unspecified atom stereocenters. The van der Waals surface area contributed by atoms with Crippen molar-refractivity contribution in [2.75, 3.05) is 5.32 Å². The third-order valence-corrected chi connectivity index (χ3v) is 6.58. The van der Waals surface area contributed by atoms with Gasteiger partial charge >= 0.3 is 0 Å². The van der Waals surface area contributed by atoms with Crippen molar-refractivity contribution in [3.05, 3.63) is 71.0 Å². The molecule has 1 atom stereocenters. The Morgan fingerprint density at radius 2 is 1.89 bits per heavy atom. The third-order valence-electron chi connectivity index (χ3n) is 6.58. The van der Waals surface area contributed by atoms with Gasteiger partial charge in [0.25, 0.3) is 0 Å².